The standard InChI is InChI=1S/C19H28Cl3NO3/c1-15(24)23-17(12-8-4-3-5-10-14-20)16(19(25)26-2)11-7-6-9-13-18(21)22/h10,14,16-18H,4,6-9,11-13H2,1-2H3,(H,23,24)/b14-10+/t16-,17+/m1/s1. The number of unbranched alkanes of at least 4 members (excludes halogenated alkanes) is 3. The van der Waals surface area contributed by atoms with E-state index in [-0.39, 0.29) is 28.7 Å². The van der Waals surface area contributed by atoms with Gasteiger partial charge in [0.2, 0.25) is 5.91 Å². The zero-order valence-electron chi connectivity index (χ0n) is 15.4. The van der Waals surface area contributed by atoms with Gasteiger partial charge in [-0.05, 0) is 31.8 Å². The summed E-state index contributed by atoms with van der Waals surface area (Å²) in [5, 5.41) is 2.89. The summed E-state index contributed by atoms with van der Waals surface area (Å²) in [6.07, 6.45) is 7.70. The van der Waals surface area contributed by atoms with Crippen LogP contribution in [0.2, 0.25) is 0 Å². The molecule has 0 aromatic rings. The van der Waals surface area contributed by atoms with Crippen LogP contribution in [0.5, 0.6) is 0 Å². The molecule has 4 nitrogen and oxygen atoms in total. The summed E-state index contributed by atoms with van der Waals surface area (Å²) in [5.74, 6) is 4.95. The largest absolute Gasteiger partial charge is 0.469 e. The fourth-order valence-corrected chi connectivity index (χ4v) is 3.05. The van der Waals surface area contributed by atoms with Crippen molar-refractivity contribution < 1.29 is 14.3 Å². The van der Waals surface area contributed by atoms with E-state index in [1.165, 1.54) is 19.6 Å². The summed E-state index contributed by atoms with van der Waals surface area (Å²) in [6, 6.07) is -0.265. The molecule has 1 N–H and O–H groups in total. The zero-order chi connectivity index (χ0) is 19.8. The van der Waals surface area contributed by atoms with Gasteiger partial charge in [-0.15, -0.1) is 23.2 Å². The molecule has 7 heteroatoms. The first-order valence-corrected chi connectivity index (χ1v) is 10.1. The number of alkyl halides is 2. The van der Waals surface area contributed by atoms with E-state index < -0.39 is 0 Å². The number of halogens is 3. The van der Waals surface area contributed by atoms with Crippen LogP contribution in [0, 0.1) is 17.8 Å². The van der Waals surface area contributed by atoms with Gasteiger partial charge in [-0.3, -0.25) is 9.59 Å². The van der Waals surface area contributed by atoms with Crippen molar-refractivity contribution in [1.29, 1.82) is 0 Å². The maximum absolute atomic E-state index is 12.2. The molecule has 148 valence electrons. The fourth-order valence-electron chi connectivity index (χ4n) is 2.68. The van der Waals surface area contributed by atoms with Gasteiger partial charge < -0.3 is 10.1 Å². The Morgan fingerprint density at radius 3 is 2.38 bits per heavy atom. The Kier molecular flexibility index (Phi) is 15.7. The molecule has 0 saturated heterocycles. The van der Waals surface area contributed by atoms with Gasteiger partial charge in [0, 0.05) is 24.9 Å². The van der Waals surface area contributed by atoms with Crippen molar-refractivity contribution in [1.82, 2.24) is 5.32 Å². The number of amides is 1. The maximum Gasteiger partial charge on any atom is 0.310 e. The van der Waals surface area contributed by atoms with Crippen LogP contribution in [-0.2, 0) is 14.3 Å². The normalized spacial score (nSPS) is 13.2. The molecule has 0 rings (SSSR count). The Balaban J connectivity index is 4.70. The smallest absolute Gasteiger partial charge is 0.310 e. The number of esters is 1. The van der Waals surface area contributed by atoms with Gasteiger partial charge in [0.15, 0.2) is 0 Å². The first-order valence-electron chi connectivity index (χ1n) is 8.79. The second-order valence-electron chi connectivity index (χ2n) is 5.97. The third-order valence-corrected chi connectivity index (χ3v) is 4.44. The molecule has 0 bridgehead atoms. The molecule has 0 saturated carbocycles. The molecule has 0 heterocycles. The predicted molar refractivity (Wildman–Crippen MR) is 108 cm³/mol. The Bertz CT molecular complexity index is 498. The third-order valence-electron chi connectivity index (χ3n) is 3.88. The Hall–Kier alpha value is -0.890. The molecule has 26 heavy (non-hydrogen) atoms. The van der Waals surface area contributed by atoms with E-state index >= 15 is 0 Å². The molecule has 2 atom stereocenters. The third kappa shape index (κ3) is 13.3. The molecule has 0 unspecified atom stereocenters. The summed E-state index contributed by atoms with van der Waals surface area (Å²) < 4.78 is 4.95. The minimum absolute atomic E-state index is 0.160. The van der Waals surface area contributed by atoms with Gasteiger partial charge in [0.05, 0.1) is 13.0 Å². The van der Waals surface area contributed by atoms with Crippen molar-refractivity contribution in [2.24, 2.45) is 5.92 Å². The number of hydrogen-bond donors (Lipinski definition) is 1. The summed E-state index contributed by atoms with van der Waals surface area (Å²) in [4.78, 5) is 23.4. The molecule has 0 fully saturated rings. The number of allylic oxidation sites excluding steroid dienone is 1. The molecule has 0 aromatic heterocycles. The summed E-state index contributed by atoms with van der Waals surface area (Å²) >= 11 is 16.9. The molecule has 1 amide bonds. The molecular formula is C19H28Cl3NO3. The van der Waals surface area contributed by atoms with E-state index in [0.29, 0.717) is 19.3 Å². The first kappa shape index (κ1) is 25.1. The minimum atomic E-state index is -0.373. The van der Waals surface area contributed by atoms with Crippen LogP contribution in [0.4, 0.5) is 0 Å². The topological polar surface area (TPSA) is 55.4 Å². The van der Waals surface area contributed by atoms with Crippen LogP contribution in [-0.4, -0.2) is 29.9 Å². The molecule has 0 radical (unpaired) electrons. The molecule has 0 aliphatic carbocycles. The van der Waals surface area contributed by atoms with Crippen molar-refractivity contribution in [3.63, 3.8) is 0 Å². The lowest BCUT2D eigenvalue weighted by molar-refractivity contribution is -0.147. The number of hydrogen-bond acceptors (Lipinski definition) is 3. The highest BCUT2D eigenvalue weighted by atomic mass is 35.5. The molecule has 0 aromatic carbocycles. The monoisotopic (exact) mass is 423 g/mol. The maximum atomic E-state index is 12.2. The van der Waals surface area contributed by atoms with Crippen molar-refractivity contribution in [2.45, 2.75) is 69.2 Å². The second kappa shape index (κ2) is 16.3. The Morgan fingerprint density at radius 1 is 1.12 bits per heavy atom. The average Bonchev–Trinajstić information content (AvgIpc) is 2.59. The molecule has 0 aliphatic heterocycles. The lowest BCUT2D eigenvalue weighted by atomic mass is 9.89. The number of nitrogens with one attached hydrogen (secondary N) is 1. The van der Waals surface area contributed by atoms with E-state index in [1.54, 1.807) is 6.08 Å². The predicted octanol–water partition coefficient (Wildman–Crippen LogP) is 4.96. The van der Waals surface area contributed by atoms with Crippen molar-refractivity contribution in [3.05, 3.63) is 11.6 Å². The molecule has 0 spiro atoms. The van der Waals surface area contributed by atoms with Crippen molar-refractivity contribution >= 4 is 46.7 Å². The zero-order valence-corrected chi connectivity index (χ0v) is 17.7. The highest BCUT2D eigenvalue weighted by Gasteiger charge is 2.29. The van der Waals surface area contributed by atoms with Crippen LogP contribution in [0.15, 0.2) is 11.6 Å². The Labute approximate surface area is 172 Å². The van der Waals surface area contributed by atoms with Crippen LogP contribution in [0.3, 0.4) is 0 Å². The van der Waals surface area contributed by atoms with E-state index in [2.05, 4.69) is 17.2 Å². The number of rotatable bonds is 12. The van der Waals surface area contributed by atoms with Gasteiger partial charge in [0.1, 0.15) is 4.84 Å². The van der Waals surface area contributed by atoms with Gasteiger partial charge in [-0.25, -0.2) is 0 Å². The van der Waals surface area contributed by atoms with E-state index in [1.807, 2.05) is 0 Å². The quantitative estimate of drug-likeness (QED) is 0.208. The van der Waals surface area contributed by atoms with Crippen LogP contribution >= 0.6 is 34.8 Å². The fraction of sp³-hybridized carbons (Fsp3) is 0.684. The van der Waals surface area contributed by atoms with Crippen LogP contribution in [0.1, 0.15) is 58.3 Å². The van der Waals surface area contributed by atoms with E-state index in [9.17, 15) is 9.59 Å². The number of carbonyl (C=O) groups excluding carboxylic acids is 2. The lowest BCUT2D eigenvalue weighted by Crippen LogP contribution is -2.43. The molecular weight excluding hydrogens is 397 g/mol. The van der Waals surface area contributed by atoms with Gasteiger partial charge in [0.25, 0.3) is 0 Å². The van der Waals surface area contributed by atoms with Gasteiger partial charge in [-0.2, -0.15) is 0 Å². The average molecular weight is 425 g/mol. The summed E-state index contributed by atoms with van der Waals surface area (Å²) in [5.41, 5.74) is 1.36. The Morgan fingerprint density at radius 2 is 1.81 bits per heavy atom. The highest BCUT2D eigenvalue weighted by Crippen LogP contribution is 2.21. The number of methoxy groups -OCH3 is 1. The van der Waals surface area contributed by atoms with Crippen LogP contribution < -0.4 is 5.32 Å². The number of carbonyl (C=O) groups is 2. The summed E-state index contributed by atoms with van der Waals surface area (Å²) in [7, 11) is 1.37. The highest BCUT2D eigenvalue weighted by molar-refractivity contribution is 6.44. The van der Waals surface area contributed by atoms with Gasteiger partial charge >= 0.3 is 5.97 Å². The lowest BCUT2D eigenvalue weighted by Gasteiger charge is -2.26. The number of ether oxygens (including phenoxy) is 1. The second-order valence-corrected chi connectivity index (χ2v) is 7.50. The minimum Gasteiger partial charge on any atom is -0.469 e. The van der Waals surface area contributed by atoms with Crippen LogP contribution in [0.25, 0.3) is 0 Å². The van der Waals surface area contributed by atoms with Crippen molar-refractivity contribution in [3.8, 4) is 11.8 Å². The molecule has 0 aliphatic rings. The summed E-state index contributed by atoms with van der Waals surface area (Å²) in [6.45, 7) is 1.45. The van der Waals surface area contributed by atoms with E-state index in [0.717, 1.165) is 32.1 Å². The SMILES string of the molecule is COC(=O)[C@H](CCCCCC(Cl)Cl)[C@H](CCCC#C/C=C/Cl)NC(C)=O. The van der Waals surface area contributed by atoms with E-state index in [4.69, 9.17) is 39.5 Å². The van der Waals surface area contributed by atoms with Crippen molar-refractivity contribution in [2.75, 3.05) is 7.11 Å². The van der Waals surface area contributed by atoms with Gasteiger partial charge in [-0.1, -0.05) is 42.7 Å². The first-order chi connectivity index (χ1) is 12.4.